The molecule has 0 spiro atoms. The third kappa shape index (κ3) is 3.52. The lowest BCUT2D eigenvalue weighted by Gasteiger charge is -2.06. The second kappa shape index (κ2) is 7.66. The van der Waals surface area contributed by atoms with Crippen LogP contribution in [-0.4, -0.2) is 19.0 Å². The van der Waals surface area contributed by atoms with Gasteiger partial charge in [-0.05, 0) is 34.5 Å². The number of ether oxygens (including phenoxy) is 1. The highest BCUT2D eigenvalue weighted by molar-refractivity contribution is 7.18. The summed E-state index contributed by atoms with van der Waals surface area (Å²) in [5.74, 6) is -0.741. The first kappa shape index (κ1) is 17.9. The summed E-state index contributed by atoms with van der Waals surface area (Å²) < 4.78 is 4.89. The Kier molecular flexibility index (Phi) is 4.91. The normalized spacial score (nSPS) is 10.6. The fourth-order valence-corrected chi connectivity index (χ4v) is 4.04. The van der Waals surface area contributed by atoms with Crippen LogP contribution in [0.1, 0.15) is 20.0 Å². The van der Waals surface area contributed by atoms with E-state index in [1.165, 1.54) is 18.4 Å². The number of carbonyl (C=O) groups is 2. The molecule has 4 aromatic rings. The second-order valence-corrected chi connectivity index (χ2v) is 7.28. The van der Waals surface area contributed by atoms with Gasteiger partial charge in [-0.3, -0.25) is 4.79 Å². The minimum Gasteiger partial charge on any atom is -0.465 e. The first-order valence-corrected chi connectivity index (χ1v) is 9.55. The Labute approximate surface area is 166 Å². The van der Waals surface area contributed by atoms with E-state index in [1.54, 1.807) is 6.07 Å². The molecule has 3 aromatic carbocycles. The number of anilines is 1. The van der Waals surface area contributed by atoms with Crippen molar-refractivity contribution in [1.29, 1.82) is 0 Å². The fourth-order valence-electron chi connectivity index (χ4n) is 3.00. The zero-order valence-corrected chi connectivity index (χ0v) is 16.0. The zero-order chi connectivity index (χ0) is 19.5. The summed E-state index contributed by atoms with van der Waals surface area (Å²) in [5.41, 5.74) is 1.96. The van der Waals surface area contributed by atoms with Crippen molar-refractivity contribution in [2.45, 2.75) is 0 Å². The largest absolute Gasteiger partial charge is 0.465 e. The van der Waals surface area contributed by atoms with E-state index in [1.807, 2.05) is 72.8 Å². The minimum absolute atomic E-state index is 0.270. The molecule has 0 saturated carbocycles. The van der Waals surface area contributed by atoms with Crippen molar-refractivity contribution >= 4 is 39.7 Å². The van der Waals surface area contributed by atoms with Gasteiger partial charge in [0.2, 0.25) is 0 Å². The summed E-state index contributed by atoms with van der Waals surface area (Å²) in [4.78, 5) is 26.3. The van der Waals surface area contributed by atoms with Gasteiger partial charge in [0.05, 0.1) is 12.8 Å². The summed E-state index contributed by atoms with van der Waals surface area (Å²) in [5, 5.41) is 4.92. The van der Waals surface area contributed by atoms with Gasteiger partial charge in [0, 0.05) is 10.4 Å². The number of fused-ring (bicyclic) bond motifs is 1. The maximum Gasteiger partial charge on any atom is 0.350 e. The molecule has 0 aliphatic carbocycles. The second-order valence-electron chi connectivity index (χ2n) is 6.23. The number of benzene rings is 3. The highest BCUT2D eigenvalue weighted by Crippen LogP contribution is 2.35. The van der Waals surface area contributed by atoms with E-state index in [9.17, 15) is 9.59 Å². The molecular weight excluding hydrogens is 370 g/mol. The summed E-state index contributed by atoms with van der Waals surface area (Å²) in [6.07, 6.45) is 0. The minimum atomic E-state index is -0.471. The van der Waals surface area contributed by atoms with Crippen molar-refractivity contribution in [2.75, 3.05) is 12.4 Å². The molecule has 0 bridgehead atoms. The molecule has 1 N–H and O–H groups in total. The number of thiophene rings is 1. The summed E-state index contributed by atoms with van der Waals surface area (Å²) >= 11 is 1.30. The highest BCUT2D eigenvalue weighted by atomic mass is 32.1. The molecule has 5 heteroatoms. The first-order valence-electron chi connectivity index (χ1n) is 8.73. The Morgan fingerprint density at radius 2 is 1.57 bits per heavy atom. The zero-order valence-electron chi connectivity index (χ0n) is 15.1. The van der Waals surface area contributed by atoms with Crippen LogP contribution in [0.2, 0.25) is 0 Å². The maximum absolute atomic E-state index is 12.8. The number of methoxy groups -OCH3 is 1. The van der Waals surface area contributed by atoms with Crippen LogP contribution in [0, 0.1) is 0 Å². The van der Waals surface area contributed by atoms with Crippen LogP contribution in [0.15, 0.2) is 78.9 Å². The number of esters is 1. The van der Waals surface area contributed by atoms with Crippen molar-refractivity contribution < 1.29 is 14.3 Å². The van der Waals surface area contributed by atoms with Crippen molar-refractivity contribution in [2.24, 2.45) is 0 Å². The van der Waals surface area contributed by atoms with Gasteiger partial charge in [0.1, 0.15) is 4.88 Å². The average molecular weight is 387 g/mol. The molecule has 28 heavy (non-hydrogen) atoms. The summed E-state index contributed by atoms with van der Waals surface area (Å²) in [6.45, 7) is 0. The van der Waals surface area contributed by atoms with E-state index in [-0.39, 0.29) is 5.91 Å². The van der Waals surface area contributed by atoms with E-state index in [2.05, 4.69) is 5.32 Å². The van der Waals surface area contributed by atoms with Crippen molar-refractivity contribution in [1.82, 2.24) is 0 Å². The number of hydrogen-bond donors (Lipinski definition) is 1. The number of amides is 1. The molecule has 0 aliphatic heterocycles. The van der Waals surface area contributed by atoms with Gasteiger partial charge < -0.3 is 10.1 Å². The van der Waals surface area contributed by atoms with Gasteiger partial charge in [-0.1, -0.05) is 60.7 Å². The maximum atomic E-state index is 12.8. The van der Waals surface area contributed by atoms with E-state index in [0.717, 1.165) is 21.2 Å². The van der Waals surface area contributed by atoms with E-state index < -0.39 is 5.97 Å². The lowest BCUT2D eigenvalue weighted by atomic mass is 10.1. The molecule has 0 unspecified atom stereocenters. The Morgan fingerprint density at radius 3 is 2.32 bits per heavy atom. The fraction of sp³-hybridized carbons (Fsp3) is 0.0435. The van der Waals surface area contributed by atoms with Crippen LogP contribution in [0.25, 0.3) is 21.2 Å². The van der Waals surface area contributed by atoms with Crippen LogP contribution < -0.4 is 5.32 Å². The molecule has 138 valence electrons. The van der Waals surface area contributed by atoms with Crippen LogP contribution in [0.3, 0.4) is 0 Å². The summed E-state index contributed by atoms with van der Waals surface area (Å²) in [7, 11) is 1.33. The Morgan fingerprint density at radius 1 is 0.857 bits per heavy atom. The van der Waals surface area contributed by atoms with Crippen molar-refractivity contribution in [3.8, 4) is 10.4 Å². The molecule has 1 heterocycles. The quantitative estimate of drug-likeness (QED) is 0.463. The molecule has 4 rings (SSSR count). The number of rotatable bonds is 4. The number of hydrogen-bond acceptors (Lipinski definition) is 4. The monoisotopic (exact) mass is 387 g/mol. The third-order valence-corrected chi connectivity index (χ3v) is 5.59. The third-order valence-electron chi connectivity index (χ3n) is 4.42. The van der Waals surface area contributed by atoms with Gasteiger partial charge in [-0.25, -0.2) is 4.79 Å². The van der Waals surface area contributed by atoms with Gasteiger partial charge in [0.25, 0.3) is 5.91 Å². The van der Waals surface area contributed by atoms with Crippen LogP contribution in [-0.2, 0) is 4.74 Å². The van der Waals surface area contributed by atoms with Crippen molar-refractivity contribution in [3.05, 3.63) is 89.3 Å². The Bertz CT molecular complexity index is 1160. The average Bonchev–Trinajstić information content (AvgIpc) is 3.17. The Hall–Kier alpha value is -3.44. The predicted molar refractivity (Wildman–Crippen MR) is 113 cm³/mol. The van der Waals surface area contributed by atoms with Gasteiger partial charge in [-0.2, -0.15) is 0 Å². The molecule has 0 aliphatic rings. The van der Waals surface area contributed by atoms with E-state index in [4.69, 9.17) is 4.74 Å². The summed E-state index contributed by atoms with van der Waals surface area (Å²) in [6, 6.07) is 24.9. The van der Waals surface area contributed by atoms with Crippen LogP contribution in [0.5, 0.6) is 0 Å². The van der Waals surface area contributed by atoms with E-state index in [0.29, 0.717) is 16.1 Å². The van der Waals surface area contributed by atoms with Crippen LogP contribution >= 0.6 is 11.3 Å². The molecule has 0 radical (unpaired) electrons. The van der Waals surface area contributed by atoms with E-state index >= 15 is 0 Å². The van der Waals surface area contributed by atoms with Gasteiger partial charge in [0.15, 0.2) is 0 Å². The van der Waals surface area contributed by atoms with Gasteiger partial charge in [-0.15, -0.1) is 11.3 Å². The topological polar surface area (TPSA) is 55.4 Å². The molecule has 0 fully saturated rings. The molecular formula is C23H17NO3S. The number of carbonyl (C=O) groups excluding carboxylic acids is 2. The Balaban J connectivity index is 1.68. The molecule has 0 saturated heterocycles. The molecule has 1 aromatic heterocycles. The molecule has 0 atom stereocenters. The number of nitrogens with one attached hydrogen (secondary N) is 1. The lowest BCUT2D eigenvalue weighted by molar-refractivity contribution is 0.0607. The van der Waals surface area contributed by atoms with Crippen molar-refractivity contribution in [3.63, 3.8) is 0 Å². The smallest absolute Gasteiger partial charge is 0.350 e. The SMILES string of the molecule is COC(=O)c1sc(-c2ccccc2)cc1NC(=O)c1ccc2ccccc2c1. The molecule has 4 nitrogen and oxygen atoms in total. The first-order chi connectivity index (χ1) is 13.7. The standard InChI is InChI=1S/C23H17NO3S/c1-27-23(26)21-19(14-20(28-21)16-8-3-2-4-9-16)24-22(25)18-12-11-15-7-5-6-10-17(15)13-18/h2-14H,1H3,(H,24,25). The van der Waals surface area contributed by atoms with Gasteiger partial charge >= 0.3 is 5.97 Å². The van der Waals surface area contributed by atoms with Crippen LogP contribution in [0.4, 0.5) is 5.69 Å². The lowest BCUT2D eigenvalue weighted by Crippen LogP contribution is -2.13. The molecule has 1 amide bonds. The highest BCUT2D eigenvalue weighted by Gasteiger charge is 2.20. The predicted octanol–water partition coefficient (Wildman–Crippen LogP) is 5.61.